The van der Waals surface area contributed by atoms with Gasteiger partial charge in [0.15, 0.2) is 0 Å². The maximum Gasteiger partial charge on any atom is 0.0315 e. The van der Waals surface area contributed by atoms with Crippen LogP contribution in [0.3, 0.4) is 0 Å². The molecule has 76 valence electrons. The van der Waals surface area contributed by atoms with Crippen molar-refractivity contribution >= 4 is 0 Å². The van der Waals surface area contributed by atoms with Gasteiger partial charge in [0.2, 0.25) is 0 Å². The molecule has 0 radical (unpaired) electrons. The smallest absolute Gasteiger partial charge is 0.0315 e. The molecule has 1 aromatic heterocycles. The zero-order valence-corrected chi connectivity index (χ0v) is 8.58. The molecule has 1 aliphatic carbocycles. The van der Waals surface area contributed by atoms with Crippen LogP contribution in [-0.4, -0.2) is 4.98 Å². The minimum absolute atomic E-state index is 0.625. The van der Waals surface area contributed by atoms with E-state index in [1.54, 1.807) is 0 Å². The molecular formula is C12H18N2. The maximum atomic E-state index is 5.72. The summed E-state index contributed by atoms with van der Waals surface area (Å²) in [6.45, 7) is 0.625. The van der Waals surface area contributed by atoms with Gasteiger partial charge < -0.3 is 5.73 Å². The Balaban J connectivity index is 2.20. The molecule has 0 amide bonds. The Labute approximate surface area is 85.5 Å². The van der Waals surface area contributed by atoms with Gasteiger partial charge in [-0.1, -0.05) is 19.3 Å². The van der Waals surface area contributed by atoms with Crippen LogP contribution >= 0.6 is 0 Å². The number of aromatic nitrogens is 1. The monoisotopic (exact) mass is 190 g/mol. The normalized spacial score (nSPS) is 18.4. The summed E-state index contributed by atoms with van der Waals surface area (Å²) < 4.78 is 0. The number of rotatable bonds is 2. The second-order valence-electron chi connectivity index (χ2n) is 4.11. The molecule has 0 atom stereocenters. The second-order valence-corrected chi connectivity index (χ2v) is 4.11. The number of hydrogen-bond donors (Lipinski definition) is 1. The molecule has 0 spiro atoms. The van der Waals surface area contributed by atoms with Crippen LogP contribution in [0.15, 0.2) is 18.5 Å². The van der Waals surface area contributed by atoms with Crippen LogP contribution in [0, 0.1) is 0 Å². The lowest BCUT2D eigenvalue weighted by Crippen LogP contribution is -2.10. The summed E-state index contributed by atoms with van der Waals surface area (Å²) in [6.07, 6.45) is 10.6. The third-order valence-corrected chi connectivity index (χ3v) is 3.21. The van der Waals surface area contributed by atoms with Gasteiger partial charge in [-0.3, -0.25) is 4.98 Å². The largest absolute Gasteiger partial charge is 0.326 e. The molecule has 14 heavy (non-hydrogen) atoms. The van der Waals surface area contributed by atoms with E-state index in [4.69, 9.17) is 5.73 Å². The molecule has 1 saturated carbocycles. The van der Waals surface area contributed by atoms with Crippen molar-refractivity contribution in [3.63, 3.8) is 0 Å². The molecule has 0 bridgehead atoms. The van der Waals surface area contributed by atoms with E-state index in [9.17, 15) is 0 Å². The molecule has 1 aromatic rings. The van der Waals surface area contributed by atoms with Crippen molar-refractivity contribution in [3.8, 4) is 0 Å². The van der Waals surface area contributed by atoms with E-state index < -0.39 is 0 Å². The molecule has 2 N–H and O–H groups in total. The van der Waals surface area contributed by atoms with E-state index in [0.717, 1.165) is 5.92 Å². The van der Waals surface area contributed by atoms with Gasteiger partial charge in [0.25, 0.3) is 0 Å². The van der Waals surface area contributed by atoms with Crippen molar-refractivity contribution in [2.24, 2.45) is 5.73 Å². The second kappa shape index (κ2) is 4.56. The highest BCUT2D eigenvalue weighted by Gasteiger charge is 2.17. The molecule has 1 aliphatic rings. The number of hydrogen-bond acceptors (Lipinski definition) is 2. The molecular weight excluding hydrogens is 172 g/mol. The predicted molar refractivity (Wildman–Crippen MR) is 58.0 cm³/mol. The lowest BCUT2D eigenvalue weighted by Gasteiger charge is -2.23. The average Bonchev–Trinajstić information content (AvgIpc) is 2.30. The van der Waals surface area contributed by atoms with E-state index in [1.165, 1.54) is 43.2 Å². The zero-order chi connectivity index (χ0) is 9.80. The van der Waals surface area contributed by atoms with Gasteiger partial charge in [-0.05, 0) is 36.0 Å². The molecule has 2 rings (SSSR count). The van der Waals surface area contributed by atoms with Crippen molar-refractivity contribution in [1.82, 2.24) is 4.98 Å². The minimum atomic E-state index is 0.625. The first kappa shape index (κ1) is 9.66. The fourth-order valence-corrected chi connectivity index (χ4v) is 2.42. The van der Waals surface area contributed by atoms with E-state index in [0.29, 0.717) is 6.54 Å². The Hall–Kier alpha value is -0.890. The zero-order valence-electron chi connectivity index (χ0n) is 8.58. The Bertz CT molecular complexity index is 290. The third kappa shape index (κ3) is 1.95. The molecule has 0 aliphatic heterocycles. The highest BCUT2D eigenvalue weighted by molar-refractivity contribution is 5.27. The van der Waals surface area contributed by atoms with Crippen LogP contribution in [0.1, 0.15) is 49.1 Å². The number of nitrogens with zero attached hydrogens (tertiary/aromatic N) is 1. The van der Waals surface area contributed by atoms with E-state index >= 15 is 0 Å². The van der Waals surface area contributed by atoms with E-state index in [2.05, 4.69) is 11.1 Å². The fourth-order valence-electron chi connectivity index (χ4n) is 2.42. The first-order chi connectivity index (χ1) is 6.92. The fraction of sp³-hybridized carbons (Fsp3) is 0.583. The van der Waals surface area contributed by atoms with Crippen molar-refractivity contribution in [2.75, 3.05) is 0 Å². The molecule has 0 saturated heterocycles. The Morgan fingerprint density at radius 3 is 2.79 bits per heavy atom. The maximum absolute atomic E-state index is 5.72. The van der Waals surface area contributed by atoms with Crippen LogP contribution in [0.2, 0.25) is 0 Å². The van der Waals surface area contributed by atoms with Gasteiger partial charge in [-0.2, -0.15) is 0 Å². The van der Waals surface area contributed by atoms with Gasteiger partial charge >= 0.3 is 0 Å². The Kier molecular flexibility index (Phi) is 3.14. The van der Waals surface area contributed by atoms with E-state index in [1.807, 2.05) is 12.4 Å². The average molecular weight is 190 g/mol. The first-order valence-electron chi connectivity index (χ1n) is 5.54. The summed E-state index contributed by atoms with van der Waals surface area (Å²) >= 11 is 0. The quantitative estimate of drug-likeness (QED) is 0.778. The lowest BCUT2D eigenvalue weighted by atomic mass is 9.83. The predicted octanol–water partition coefficient (Wildman–Crippen LogP) is 2.59. The lowest BCUT2D eigenvalue weighted by molar-refractivity contribution is 0.441. The van der Waals surface area contributed by atoms with Gasteiger partial charge in [0.05, 0.1) is 0 Å². The molecule has 0 unspecified atom stereocenters. The van der Waals surface area contributed by atoms with Crippen LogP contribution in [0.4, 0.5) is 0 Å². The van der Waals surface area contributed by atoms with Crippen LogP contribution < -0.4 is 5.73 Å². The van der Waals surface area contributed by atoms with Crippen molar-refractivity contribution in [3.05, 3.63) is 29.6 Å². The van der Waals surface area contributed by atoms with Crippen LogP contribution in [0.5, 0.6) is 0 Å². The third-order valence-electron chi connectivity index (χ3n) is 3.21. The standard InChI is InChI=1S/C12H18N2/c13-8-11-9-14-7-6-12(11)10-4-2-1-3-5-10/h6-7,9-10H,1-5,8,13H2. The van der Waals surface area contributed by atoms with Crippen molar-refractivity contribution in [2.45, 2.75) is 44.6 Å². The Morgan fingerprint density at radius 1 is 1.29 bits per heavy atom. The summed E-state index contributed by atoms with van der Waals surface area (Å²) in [7, 11) is 0. The van der Waals surface area contributed by atoms with Gasteiger partial charge in [0.1, 0.15) is 0 Å². The summed E-state index contributed by atoms with van der Waals surface area (Å²) in [6, 6.07) is 2.15. The van der Waals surface area contributed by atoms with Gasteiger partial charge in [0, 0.05) is 18.9 Å². The van der Waals surface area contributed by atoms with Crippen molar-refractivity contribution in [1.29, 1.82) is 0 Å². The highest BCUT2D eigenvalue weighted by Crippen LogP contribution is 2.33. The summed E-state index contributed by atoms with van der Waals surface area (Å²) in [5, 5.41) is 0. The summed E-state index contributed by atoms with van der Waals surface area (Å²) in [4.78, 5) is 4.13. The van der Waals surface area contributed by atoms with Crippen LogP contribution in [0.25, 0.3) is 0 Å². The topological polar surface area (TPSA) is 38.9 Å². The molecule has 2 nitrogen and oxygen atoms in total. The number of nitrogens with two attached hydrogens (primary N) is 1. The molecule has 0 aromatic carbocycles. The van der Waals surface area contributed by atoms with Gasteiger partial charge in [-0.15, -0.1) is 0 Å². The highest BCUT2D eigenvalue weighted by atomic mass is 14.6. The van der Waals surface area contributed by atoms with Crippen molar-refractivity contribution < 1.29 is 0 Å². The SMILES string of the molecule is NCc1cnccc1C1CCCCC1. The van der Waals surface area contributed by atoms with E-state index in [-0.39, 0.29) is 0 Å². The Morgan fingerprint density at radius 2 is 2.07 bits per heavy atom. The summed E-state index contributed by atoms with van der Waals surface area (Å²) in [5.41, 5.74) is 8.40. The summed E-state index contributed by atoms with van der Waals surface area (Å²) in [5.74, 6) is 0.741. The molecule has 2 heteroatoms. The molecule has 1 heterocycles. The van der Waals surface area contributed by atoms with Crippen LogP contribution in [-0.2, 0) is 6.54 Å². The van der Waals surface area contributed by atoms with Gasteiger partial charge in [-0.25, -0.2) is 0 Å². The first-order valence-corrected chi connectivity index (χ1v) is 5.54. The minimum Gasteiger partial charge on any atom is -0.326 e. The molecule has 1 fully saturated rings. The number of pyridine rings is 1.